The van der Waals surface area contributed by atoms with Crippen LogP contribution in [-0.4, -0.2) is 27.7 Å². The molecule has 2 aliphatic rings. The Kier molecular flexibility index (Phi) is 1.51. The topological polar surface area (TPSA) is 57.5 Å². The van der Waals surface area contributed by atoms with E-state index in [-0.39, 0.29) is 17.6 Å². The van der Waals surface area contributed by atoms with Gasteiger partial charge >= 0.3 is 0 Å². The van der Waals surface area contributed by atoms with Crippen LogP contribution in [0.2, 0.25) is 0 Å². The van der Waals surface area contributed by atoms with Gasteiger partial charge in [-0.3, -0.25) is 4.79 Å². The lowest BCUT2D eigenvalue weighted by Crippen LogP contribution is -2.55. The van der Waals surface area contributed by atoms with Gasteiger partial charge in [-0.1, -0.05) is 13.8 Å². The molecule has 0 aromatic carbocycles. The van der Waals surface area contributed by atoms with Crippen molar-refractivity contribution in [1.82, 2.24) is 0 Å². The summed E-state index contributed by atoms with van der Waals surface area (Å²) >= 11 is 0. The Bertz CT molecular complexity index is 267. The van der Waals surface area contributed by atoms with Crippen molar-refractivity contribution in [1.29, 1.82) is 0 Å². The first-order chi connectivity index (χ1) is 5.78. The first-order valence-corrected chi connectivity index (χ1v) is 4.73. The van der Waals surface area contributed by atoms with Crippen molar-refractivity contribution in [2.24, 2.45) is 17.3 Å². The number of hydrogen-bond donors (Lipinski definition) is 2. The Morgan fingerprint density at radius 3 is 2.38 bits per heavy atom. The van der Waals surface area contributed by atoms with Crippen molar-refractivity contribution in [3.63, 3.8) is 0 Å². The highest BCUT2D eigenvalue weighted by atomic mass is 16.3. The molecule has 0 radical (unpaired) electrons. The number of Topliss-reactive ketones (excluding diaryl/α,β-unsaturated/α-hetero) is 1. The molecular formula is C10H16O3. The summed E-state index contributed by atoms with van der Waals surface area (Å²) in [6, 6.07) is 0. The van der Waals surface area contributed by atoms with Crippen LogP contribution in [0, 0.1) is 17.3 Å². The molecule has 0 aromatic heterocycles. The van der Waals surface area contributed by atoms with Crippen LogP contribution in [0.15, 0.2) is 0 Å². The monoisotopic (exact) mass is 184 g/mol. The highest BCUT2D eigenvalue weighted by Gasteiger charge is 2.67. The molecule has 0 spiro atoms. The van der Waals surface area contributed by atoms with Crippen LogP contribution in [0.1, 0.15) is 27.2 Å². The molecule has 2 rings (SSSR count). The summed E-state index contributed by atoms with van der Waals surface area (Å²) in [5, 5.41) is 19.6. The molecule has 2 saturated carbocycles. The maximum Gasteiger partial charge on any atom is 0.142 e. The van der Waals surface area contributed by atoms with E-state index in [1.165, 1.54) is 0 Å². The molecule has 2 fully saturated rings. The van der Waals surface area contributed by atoms with Gasteiger partial charge in [-0.2, -0.15) is 0 Å². The smallest absolute Gasteiger partial charge is 0.142 e. The zero-order chi connectivity index (χ0) is 10.0. The van der Waals surface area contributed by atoms with E-state index in [4.69, 9.17) is 0 Å². The number of ketones is 1. The van der Waals surface area contributed by atoms with E-state index in [1.54, 1.807) is 6.92 Å². The summed E-state index contributed by atoms with van der Waals surface area (Å²) in [5.41, 5.74) is -1.51. The molecule has 74 valence electrons. The average molecular weight is 184 g/mol. The number of fused-ring (bicyclic) bond motifs is 1. The third kappa shape index (κ3) is 0.891. The number of hydrogen-bond acceptors (Lipinski definition) is 3. The van der Waals surface area contributed by atoms with Gasteiger partial charge in [-0.15, -0.1) is 0 Å². The molecular weight excluding hydrogens is 168 g/mol. The van der Waals surface area contributed by atoms with Gasteiger partial charge in [0, 0.05) is 17.3 Å². The maximum atomic E-state index is 11.6. The summed E-state index contributed by atoms with van der Waals surface area (Å²) in [5.74, 6) is 0.0318. The van der Waals surface area contributed by atoms with Crippen LogP contribution < -0.4 is 0 Å². The van der Waals surface area contributed by atoms with E-state index in [1.807, 2.05) is 13.8 Å². The molecule has 0 aliphatic heterocycles. The largest absolute Gasteiger partial charge is 0.390 e. The molecule has 4 atom stereocenters. The van der Waals surface area contributed by atoms with Gasteiger partial charge in [0.25, 0.3) is 0 Å². The zero-order valence-corrected chi connectivity index (χ0v) is 8.24. The fourth-order valence-corrected chi connectivity index (χ4v) is 3.00. The molecule has 0 aromatic rings. The lowest BCUT2D eigenvalue weighted by atomic mass is 9.55. The third-order valence-corrected chi connectivity index (χ3v) is 3.85. The second kappa shape index (κ2) is 2.15. The average Bonchev–Trinajstić information content (AvgIpc) is 2.22. The summed E-state index contributed by atoms with van der Waals surface area (Å²) in [6.07, 6.45) is -0.327. The van der Waals surface area contributed by atoms with Crippen LogP contribution in [0.25, 0.3) is 0 Å². The van der Waals surface area contributed by atoms with Gasteiger partial charge < -0.3 is 10.2 Å². The van der Waals surface area contributed by atoms with Crippen LogP contribution >= 0.6 is 0 Å². The van der Waals surface area contributed by atoms with E-state index in [9.17, 15) is 15.0 Å². The second-order valence-corrected chi connectivity index (χ2v) is 5.22. The molecule has 0 heterocycles. The molecule has 3 nitrogen and oxygen atoms in total. The van der Waals surface area contributed by atoms with Crippen molar-refractivity contribution >= 4 is 5.78 Å². The van der Waals surface area contributed by atoms with E-state index in [0.29, 0.717) is 6.42 Å². The molecule has 0 unspecified atom stereocenters. The third-order valence-electron chi connectivity index (χ3n) is 3.85. The van der Waals surface area contributed by atoms with Crippen LogP contribution in [0.5, 0.6) is 0 Å². The SMILES string of the molecule is CC1(C)C(=O)[C@H]2C[C@@](C)(O)[C@H](O)[C@H]21. The summed E-state index contributed by atoms with van der Waals surface area (Å²) in [7, 11) is 0. The minimum atomic E-state index is -1.07. The standard InChI is InChI=1S/C10H16O3/c1-9(2)6-5(7(9)11)4-10(3,13)8(6)12/h5-6,8,12-13H,4H2,1-3H3/t5-,6-,8+,10+/m0/s1. The molecule has 0 amide bonds. The predicted molar refractivity (Wildman–Crippen MR) is 47.0 cm³/mol. The Labute approximate surface area is 77.8 Å². The molecule has 0 bridgehead atoms. The van der Waals surface area contributed by atoms with E-state index in [2.05, 4.69) is 0 Å². The Hall–Kier alpha value is -0.410. The number of carbonyl (C=O) groups excluding carboxylic acids is 1. The number of aliphatic hydroxyl groups is 2. The highest BCUT2D eigenvalue weighted by molar-refractivity contribution is 5.94. The van der Waals surface area contributed by atoms with Crippen molar-refractivity contribution in [3.8, 4) is 0 Å². The lowest BCUT2D eigenvalue weighted by Gasteiger charge is -2.47. The van der Waals surface area contributed by atoms with Gasteiger partial charge in [0.05, 0.1) is 11.7 Å². The predicted octanol–water partition coefficient (Wildman–Crippen LogP) is 0.343. The van der Waals surface area contributed by atoms with Crippen molar-refractivity contribution in [2.75, 3.05) is 0 Å². The normalized spacial score (nSPS) is 53.0. The summed E-state index contributed by atoms with van der Waals surface area (Å²) < 4.78 is 0. The molecule has 0 saturated heterocycles. The van der Waals surface area contributed by atoms with Crippen LogP contribution in [0.4, 0.5) is 0 Å². The molecule has 3 heteroatoms. The summed E-state index contributed by atoms with van der Waals surface area (Å²) in [6.45, 7) is 5.31. The van der Waals surface area contributed by atoms with Crippen molar-refractivity contribution < 1.29 is 15.0 Å². The lowest BCUT2D eigenvalue weighted by molar-refractivity contribution is -0.158. The molecule has 13 heavy (non-hydrogen) atoms. The highest BCUT2D eigenvalue weighted by Crippen LogP contribution is 2.58. The fourth-order valence-electron chi connectivity index (χ4n) is 3.00. The van der Waals surface area contributed by atoms with E-state index >= 15 is 0 Å². The van der Waals surface area contributed by atoms with Gasteiger partial charge in [0.15, 0.2) is 0 Å². The van der Waals surface area contributed by atoms with Crippen LogP contribution in [0.3, 0.4) is 0 Å². The van der Waals surface area contributed by atoms with Gasteiger partial charge in [0.1, 0.15) is 5.78 Å². The van der Waals surface area contributed by atoms with Gasteiger partial charge in [0.2, 0.25) is 0 Å². The number of carbonyl (C=O) groups is 1. The Morgan fingerprint density at radius 2 is 1.92 bits per heavy atom. The maximum absolute atomic E-state index is 11.6. The van der Waals surface area contributed by atoms with E-state index < -0.39 is 17.1 Å². The van der Waals surface area contributed by atoms with Gasteiger partial charge in [-0.25, -0.2) is 0 Å². The minimum absolute atomic E-state index is 0.0463. The first kappa shape index (κ1) is 9.16. The number of rotatable bonds is 0. The summed E-state index contributed by atoms with van der Waals surface area (Å²) in [4.78, 5) is 11.6. The van der Waals surface area contributed by atoms with Crippen LogP contribution in [-0.2, 0) is 4.79 Å². The molecule has 2 aliphatic carbocycles. The Balaban J connectivity index is 2.31. The first-order valence-electron chi connectivity index (χ1n) is 4.73. The van der Waals surface area contributed by atoms with E-state index in [0.717, 1.165) is 0 Å². The zero-order valence-electron chi connectivity index (χ0n) is 8.24. The fraction of sp³-hybridized carbons (Fsp3) is 0.900. The van der Waals surface area contributed by atoms with Crippen molar-refractivity contribution in [2.45, 2.75) is 38.9 Å². The van der Waals surface area contributed by atoms with Crippen molar-refractivity contribution in [3.05, 3.63) is 0 Å². The number of aliphatic hydroxyl groups excluding tert-OH is 1. The second-order valence-electron chi connectivity index (χ2n) is 5.22. The molecule has 2 N–H and O–H groups in total. The minimum Gasteiger partial charge on any atom is -0.390 e. The Morgan fingerprint density at radius 1 is 1.38 bits per heavy atom. The quantitative estimate of drug-likeness (QED) is 0.571. The van der Waals surface area contributed by atoms with Gasteiger partial charge in [-0.05, 0) is 13.3 Å².